The van der Waals surface area contributed by atoms with Crippen molar-refractivity contribution in [3.63, 3.8) is 0 Å². The molecule has 2 aromatic heterocycles. The van der Waals surface area contributed by atoms with Crippen LogP contribution >= 0.6 is 15.9 Å². The SMILES string of the molecule is Cn1cnc(CCNC(=O)c2cc(Br)c[nH]2)n1. The topological polar surface area (TPSA) is 75.6 Å². The van der Waals surface area contributed by atoms with Crippen molar-refractivity contribution in [1.29, 1.82) is 0 Å². The standard InChI is InChI=1S/C10H12BrN5O/c1-16-6-14-9(15-16)2-3-12-10(17)8-4-7(11)5-13-8/h4-6,13H,2-3H2,1H3,(H,12,17). The first-order chi connectivity index (χ1) is 8.15. The number of hydrogen-bond acceptors (Lipinski definition) is 3. The number of nitrogens with one attached hydrogen (secondary N) is 2. The van der Waals surface area contributed by atoms with Gasteiger partial charge in [0.15, 0.2) is 5.82 Å². The zero-order chi connectivity index (χ0) is 12.3. The predicted octanol–water partition coefficient (Wildman–Crippen LogP) is 0.878. The van der Waals surface area contributed by atoms with Gasteiger partial charge in [0.2, 0.25) is 0 Å². The second kappa shape index (κ2) is 5.13. The average Bonchev–Trinajstić information content (AvgIpc) is 2.88. The summed E-state index contributed by atoms with van der Waals surface area (Å²) < 4.78 is 2.49. The molecule has 2 heterocycles. The molecule has 0 radical (unpaired) electrons. The molecule has 7 heteroatoms. The summed E-state index contributed by atoms with van der Waals surface area (Å²) in [4.78, 5) is 18.6. The normalized spacial score (nSPS) is 10.5. The van der Waals surface area contributed by atoms with Gasteiger partial charge in [0.05, 0.1) is 0 Å². The maximum atomic E-state index is 11.6. The Morgan fingerprint density at radius 2 is 2.47 bits per heavy atom. The third-order valence-corrected chi connectivity index (χ3v) is 2.63. The van der Waals surface area contributed by atoms with Gasteiger partial charge in [-0.2, -0.15) is 5.10 Å². The van der Waals surface area contributed by atoms with Gasteiger partial charge < -0.3 is 10.3 Å². The number of rotatable bonds is 4. The van der Waals surface area contributed by atoms with Crippen LogP contribution in [0.4, 0.5) is 0 Å². The van der Waals surface area contributed by atoms with Gasteiger partial charge in [0.25, 0.3) is 5.91 Å². The maximum Gasteiger partial charge on any atom is 0.267 e. The van der Waals surface area contributed by atoms with E-state index in [1.165, 1.54) is 0 Å². The van der Waals surface area contributed by atoms with Crippen LogP contribution in [0.1, 0.15) is 16.3 Å². The Balaban J connectivity index is 1.81. The Morgan fingerprint density at radius 1 is 1.65 bits per heavy atom. The number of H-pyrrole nitrogens is 1. The first-order valence-corrected chi connectivity index (χ1v) is 5.91. The van der Waals surface area contributed by atoms with E-state index < -0.39 is 0 Å². The second-order valence-electron chi connectivity index (χ2n) is 3.57. The molecule has 0 aliphatic carbocycles. The van der Waals surface area contributed by atoms with E-state index in [1.807, 2.05) is 7.05 Å². The molecule has 0 spiro atoms. The van der Waals surface area contributed by atoms with Crippen molar-refractivity contribution in [3.8, 4) is 0 Å². The monoisotopic (exact) mass is 297 g/mol. The molecule has 0 unspecified atom stereocenters. The number of aromatic amines is 1. The van der Waals surface area contributed by atoms with Crippen LogP contribution in [0.25, 0.3) is 0 Å². The van der Waals surface area contributed by atoms with Crippen LogP contribution < -0.4 is 5.32 Å². The summed E-state index contributed by atoms with van der Waals surface area (Å²) in [5, 5.41) is 6.91. The summed E-state index contributed by atoms with van der Waals surface area (Å²) in [6.07, 6.45) is 3.98. The van der Waals surface area contributed by atoms with E-state index in [1.54, 1.807) is 23.3 Å². The third kappa shape index (κ3) is 3.16. The molecule has 0 atom stereocenters. The summed E-state index contributed by atoms with van der Waals surface area (Å²) in [7, 11) is 1.81. The molecule has 0 fully saturated rings. The lowest BCUT2D eigenvalue weighted by molar-refractivity contribution is 0.0949. The maximum absolute atomic E-state index is 11.6. The molecule has 0 saturated carbocycles. The van der Waals surface area contributed by atoms with E-state index in [4.69, 9.17) is 0 Å². The number of aryl methyl sites for hydroxylation is 1. The van der Waals surface area contributed by atoms with Gasteiger partial charge in [-0.1, -0.05) is 0 Å². The highest BCUT2D eigenvalue weighted by molar-refractivity contribution is 9.10. The number of nitrogens with zero attached hydrogens (tertiary/aromatic N) is 3. The van der Waals surface area contributed by atoms with Gasteiger partial charge >= 0.3 is 0 Å². The fourth-order valence-electron chi connectivity index (χ4n) is 1.38. The van der Waals surface area contributed by atoms with Crippen molar-refractivity contribution in [2.75, 3.05) is 6.54 Å². The largest absolute Gasteiger partial charge is 0.356 e. The molecule has 0 aliphatic rings. The molecule has 0 saturated heterocycles. The Labute approximate surface area is 107 Å². The van der Waals surface area contributed by atoms with Crippen LogP contribution in [0.5, 0.6) is 0 Å². The number of hydrogen-bond donors (Lipinski definition) is 2. The van der Waals surface area contributed by atoms with Crippen molar-refractivity contribution in [2.45, 2.75) is 6.42 Å². The van der Waals surface area contributed by atoms with E-state index in [0.717, 1.165) is 10.3 Å². The highest BCUT2D eigenvalue weighted by atomic mass is 79.9. The Morgan fingerprint density at radius 3 is 3.06 bits per heavy atom. The van der Waals surface area contributed by atoms with Gasteiger partial charge in [-0.25, -0.2) is 4.98 Å². The highest BCUT2D eigenvalue weighted by Crippen LogP contribution is 2.10. The van der Waals surface area contributed by atoms with E-state index in [2.05, 4.69) is 36.3 Å². The number of amides is 1. The predicted molar refractivity (Wildman–Crippen MR) is 65.5 cm³/mol. The fraction of sp³-hybridized carbons (Fsp3) is 0.300. The van der Waals surface area contributed by atoms with Gasteiger partial charge in [-0.15, -0.1) is 0 Å². The van der Waals surface area contributed by atoms with Crippen LogP contribution in [0.2, 0.25) is 0 Å². The Kier molecular flexibility index (Phi) is 3.58. The molecule has 2 aromatic rings. The van der Waals surface area contributed by atoms with Crippen LogP contribution in [0.3, 0.4) is 0 Å². The van der Waals surface area contributed by atoms with Crippen LogP contribution in [0, 0.1) is 0 Å². The van der Waals surface area contributed by atoms with E-state index in [9.17, 15) is 4.79 Å². The van der Waals surface area contributed by atoms with Gasteiger partial charge in [-0.3, -0.25) is 9.48 Å². The third-order valence-electron chi connectivity index (χ3n) is 2.17. The lowest BCUT2D eigenvalue weighted by atomic mass is 10.3. The number of aromatic nitrogens is 4. The molecule has 1 amide bonds. The minimum absolute atomic E-state index is 0.133. The molecule has 2 rings (SSSR count). The molecule has 90 valence electrons. The van der Waals surface area contributed by atoms with Crippen LogP contribution in [-0.4, -0.2) is 32.2 Å². The molecule has 0 aliphatic heterocycles. The number of carbonyl (C=O) groups excluding carboxylic acids is 1. The van der Waals surface area contributed by atoms with Crippen molar-refractivity contribution >= 4 is 21.8 Å². The molecular weight excluding hydrogens is 286 g/mol. The van der Waals surface area contributed by atoms with Gasteiger partial charge in [0.1, 0.15) is 12.0 Å². The Bertz CT molecular complexity index is 518. The number of halogens is 1. The Hall–Kier alpha value is -1.63. The minimum Gasteiger partial charge on any atom is -0.356 e. The smallest absolute Gasteiger partial charge is 0.267 e. The lowest BCUT2D eigenvalue weighted by Crippen LogP contribution is -2.26. The summed E-state index contributed by atoms with van der Waals surface area (Å²) in [5.41, 5.74) is 0.533. The first-order valence-electron chi connectivity index (χ1n) is 5.12. The van der Waals surface area contributed by atoms with E-state index in [-0.39, 0.29) is 5.91 Å². The first kappa shape index (κ1) is 11.8. The molecule has 6 nitrogen and oxygen atoms in total. The summed E-state index contributed by atoms with van der Waals surface area (Å²) in [6, 6.07) is 1.73. The molecular formula is C10H12BrN5O. The highest BCUT2D eigenvalue weighted by Gasteiger charge is 2.07. The van der Waals surface area contributed by atoms with Crippen LogP contribution in [-0.2, 0) is 13.5 Å². The lowest BCUT2D eigenvalue weighted by Gasteiger charge is -2.01. The van der Waals surface area contributed by atoms with Crippen molar-refractivity contribution in [1.82, 2.24) is 25.1 Å². The molecule has 2 N–H and O–H groups in total. The fourth-order valence-corrected chi connectivity index (χ4v) is 1.72. The molecule has 0 bridgehead atoms. The van der Waals surface area contributed by atoms with Crippen LogP contribution in [0.15, 0.2) is 23.1 Å². The van der Waals surface area contributed by atoms with E-state index >= 15 is 0 Å². The summed E-state index contributed by atoms with van der Waals surface area (Å²) >= 11 is 3.27. The minimum atomic E-state index is -0.133. The average molecular weight is 298 g/mol. The quantitative estimate of drug-likeness (QED) is 0.879. The zero-order valence-electron chi connectivity index (χ0n) is 9.27. The van der Waals surface area contributed by atoms with Gasteiger partial charge in [-0.05, 0) is 22.0 Å². The van der Waals surface area contributed by atoms with Crippen molar-refractivity contribution < 1.29 is 4.79 Å². The van der Waals surface area contributed by atoms with Gasteiger partial charge in [0, 0.05) is 30.7 Å². The number of carbonyl (C=O) groups is 1. The molecule has 0 aromatic carbocycles. The van der Waals surface area contributed by atoms with Crippen molar-refractivity contribution in [2.24, 2.45) is 7.05 Å². The summed E-state index contributed by atoms with van der Waals surface area (Å²) in [6.45, 7) is 0.513. The summed E-state index contributed by atoms with van der Waals surface area (Å²) in [5.74, 6) is 0.590. The van der Waals surface area contributed by atoms with Crippen molar-refractivity contribution in [3.05, 3.63) is 34.6 Å². The zero-order valence-corrected chi connectivity index (χ0v) is 10.9. The van der Waals surface area contributed by atoms with E-state index in [0.29, 0.717) is 18.7 Å². The second-order valence-corrected chi connectivity index (χ2v) is 4.49. The molecule has 17 heavy (non-hydrogen) atoms.